The summed E-state index contributed by atoms with van der Waals surface area (Å²) in [6.45, 7) is 2.77. The number of hydrogen-bond acceptors (Lipinski definition) is 5. The zero-order valence-corrected chi connectivity index (χ0v) is 17.6. The van der Waals surface area contributed by atoms with Crippen LogP contribution >= 0.6 is 11.8 Å². The van der Waals surface area contributed by atoms with Gasteiger partial charge in [0.05, 0.1) is 0 Å². The van der Waals surface area contributed by atoms with Crippen molar-refractivity contribution in [2.75, 3.05) is 11.4 Å². The molecular weight excluding hydrogens is 394 g/mol. The highest BCUT2D eigenvalue weighted by Gasteiger charge is 2.26. The summed E-state index contributed by atoms with van der Waals surface area (Å²) in [5.41, 5.74) is 2.47. The molecule has 0 aliphatic heterocycles. The van der Waals surface area contributed by atoms with E-state index in [4.69, 9.17) is 4.42 Å². The van der Waals surface area contributed by atoms with Crippen molar-refractivity contribution in [2.45, 2.75) is 30.7 Å². The average Bonchev–Trinajstić information content (AvgIpc) is 3.18. The summed E-state index contributed by atoms with van der Waals surface area (Å²) in [6, 6.07) is 19.3. The van der Waals surface area contributed by atoms with E-state index in [-0.39, 0.29) is 5.91 Å². The SMILES string of the molecule is CCCCN(C(=O)c1oc2ccccc2c1CSc1ncccn1)c1ccccc1. The van der Waals surface area contributed by atoms with Gasteiger partial charge in [0, 0.05) is 41.3 Å². The summed E-state index contributed by atoms with van der Waals surface area (Å²) in [6.07, 6.45) is 5.36. The number of rotatable bonds is 8. The first-order valence-corrected chi connectivity index (χ1v) is 11.0. The van der Waals surface area contributed by atoms with E-state index < -0.39 is 0 Å². The number of para-hydroxylation sites is 2. The Bertz CT molecular complexity index is 1110. The van der Waals surface area contributed by atoms with E-state index in [1.165, 1.54) is 11.8 Å². The van der Waals surface area contributed by atoms with Crippen LogP contribution in [0.15, 0.2) is 82.6 Å². The van der Waals surface area contributed by atoms with Crippen molar-refractivity contribution >= 4 is 34.3 Å². The Morgan fingerprint density at radius 1 is 1.00 bits per heavy atom. The van der Waals surface area contributed by atoms with Crippen molar-refractivity contribution in [3.05, 3.63) is 84.4 Å². The predicted octanol–water partition coefficient (Wildman–Crippen LogP) is 5.96. The minimum atomic E-state index is -0.115. The van der Waals surface area contributed by atoms with Gasteiger partial charge in [-0.2, -0.15) is 0 Å². The molecular formula is C24H23N3O2S. The standard InChI is InChI=1S/C24H23N3O2S/c1-2-3-16-27(18-10-5-4-6-11-18)23(28)22-20(17-30-24-25-14-9-15-26-24)19-12-7-8-13-21(19)29-22/h4-15H,2-3,16-17H2,1H3. The van der Waals surface area contributed by atoms with Gasteiger partial charge in [0.25, 0.3) is 5.91 Å². The number of furan rings is 1. The predicted molar refractivity (Wildman–Crippen MR) is 121 cm³/mol. The molecule has 0 aliphatic rings. The van der Waals surface area contributed by atoms with Crippen LogP contribution in [-0.4, -0.2) is 22.4 Å². The van der Waals surface area contributed by atoms with E-state index >= 15 is 0 Å². The molecule has 0 spiro atoms. The number of amides is 1. The molecule has 0 saturated carbocycles. The lowest BCUT2D eigenvalue weighted by Crippen LogP contribution is -2.32. The lowest BCUT2D eigenvalue weighted by atomic mass is 10.1. The van der Waals surface area contributed by atoms with E-state index in [1.807, 2.05) is 59.5 Å². The minimum absolute atomic E-state index is 0.115. The Morgan fingerprint density at radius 3 is 2.50 bits per heavy atom. The number of nitrogens with zero attached hydrogens (tertiary/aromatic N) is 3. The van der Waals surface area contributed by atoms with Gasteiger partial charge in [-0.25, -0.2) is 9.97 Å². The van der Waals surface area contributed by atoms with Crippen LogP contribution in [0.3, 0.4) is 0 Å². The summed E-state index contributed by atoms with van der Waals surface area (Å²) in [5, 5.41) is 1.62. The third-order valence-corrected chi connectivity index (χ3v) is 5.73. The second-order valence-corrected chi connectivity index (χ2v) is 7.81. The van der Waals surface area contributed by atoms with Crippen molar-refractivity contribution < 1.29 is 9.21 Å². The van der Waals surface area contributed by atoms with Gasteiger partial charge < -0.3 is 9.32 Å². The van der Waals surface area contributed by atoms with E-state index in [1.54, 1.807) is 18.5 Å². The highest BCUT2D eigenvalue weighted by Crippen LogP contribution is 2.32. The van der Waals surface area contributed by atoms with Gasteiger partial charge in [0.15, 0.2) is 10.9 Å². The number of benzene rings is 2. The Labute approximate surface area is 180 Å². The van der Waals surface area contributed by atoms with Crippen LogP contribution in [-0.2, 0) is 5.75 Å². The molecule has 0 aliphatic carbocycles. The van der Waals surface area contributed by atoms with Crippen LogP contribution in [0.4, 0.5) is 5.69 Å². The van der Waals surface area contributed by atoms with Crippen molar-refractivity contribution in [1.29, 1.82) is 0 Å². The lowest BCUT2D eigenvalue weighted by molar-refractivity contribution is 0.0961. The largest absolute Gasteiger partial charge is 0.451 e. The summed E-state index contributed by atoms with van der Waals surface area (Å²) < 4.78 is 6.09. The molecule has 1 amide bonds. The Kier molecular flexibility index (Phi) is 6.44. The quantitative estimate of drug-likeness (QED) is 0.261. The van der Waals surface area contributed by atoms with Crippen LogP contribution in [0.2, 0.25) is 0 Å². The number of aromatic nitrogens is 2. The number of hydrogen-bond donors (Lipinski definition) is 0. The monoisotopic (exact) mass is 417 g/mol. The minimum Gasteiger partial charge on any atom is -0.451 e. The van der Waals surface area contributed by atoms with Crippen molar-refractivity contribution in [2.24, 2.45) is 0 Å². The average molecular weight is 418 g/mol. The number of carbonyl (C=O) groups excluding carboxylic acids is 1. The van der Waals surface area contributed by atoms with E-state index in [9.17, 15) is 4.79 Å². The van der Waals surface area contributed by atoms with Crippen LogP contribution in [0.5, 0.6) is 0 Å². The Hall–Kier alpha value is -3.12. The van der Waals surface area contributed by atoms with Crippen molar-refractivity contribution in [3.63, 3.8) is 0 Å². The fraction of sp³-hybridized carbons (Fsp3) is 0.208. The van der Waals surface area contributed by atoms with Gasteiger partial charge in [-0.3, -0.25) is 4.79 Å². The van der Waals surface area contributed by atoms with E-state index in [0.29, 0.717) is 28.8 Å². The van der Waals surface area contributed by atoms with Crippen LogP contribution in [0, 0.1) is 0 Å². The zero-order chi connectivity index (χ0) is 20.8. The summed E-state index contributed by atoms with van der Waals surface area (Å²) in [4.78, 5) is 24.0. The highest BCUT2D eigenvalue weighted by atomic mass is 32.2. The second kappa shape index (κ2) is 9.59. The molecule has 0 radical (unpaired) electrons. The van der Waals surface area contributed by atoms with E-state index in [2.05, 4.69) is 16.9 Å². The molecule has 0 unspecified atom stereocenters. The van der Waals surface area contributed by atoms with Gasteiger partial charge in [0.1, 0.15) is 5.58 Å². The maximum Gasteiger partial charge on any atom is 0.294 e. The number of carbonyl (C=O) groups is 1. The first-order chi connectivity index (χ1) is 14.8. The molecule has 2 aromatic heterocycles. The number of anilines is 1. The highest BCUT2D eigenvalue weighted by molar-refractivity contribution is 7.98. The molecule has 152 valence electrons. The molecule has 6 heteroatoms. The summed E-state index contributed by atoms with van der Waals surface area (Å²) in [5.74, 6) is 0.827. The number of thioether (sulfide) groups is 1. The molecule has 4 rings (SSSR count). The second-order valence-electron chi connectivity index (χ2n) is 6.87. The number of unbranched alkanes of at least 4 members (excludes halogenated alkanes) is 1. The normalized spacial score (nSPS) is 11.0. The third-order valence-electron chi connectivity index (χ3n) is 4.83. The molecule has 0 N–H and O–H groups in total. The fourth-order valence-corrected chi connectivity index (χ4v) is 4.14. The molecule has 0 saturated heterocycles. The lowest BCUT2D eigenvalue weighted by Gasteiger charge is -2.22. The first kappa shape index (κ1) is 20.2. The fourth-order valence-electron chi connectivity index (χ4n) is 3.31. The van der Waals surface area contributed by atoms with Gasteiger partial charge in [0.2, 0.25) is 0 Å². The first-order valence-electron chi connectivity index (χ1n) is 10.0. The molecule has 4 aromatic rings. The third kappa shape index (κ3) is 4.39. The van der Waals surface area contributed by atoms with Gasteiger partial charge in [-0.15, -0.1) is 0 Å². The summed E-state index contributed by atoms with van der Waals surface area (Å²) in [7, 11) is 0. The van der Waals surface area contributed by atoms with Crippen molar-refractivity contribution in [3.8, 4) is 0 Å². The Morgan fingerprint density at radius 2 is 1.73 bits per heavy atom. The molecule has 0 atom stereocenters. The smallest absolute Gasteiger partial charge is 0.294 e. The Balaban J connectivity index is 1.71. The van der Waals surface area contributed by atoms with Crippen LogP contribution in [0.1, 0.15) is 35.9 Å². The maximum atomic E-state index is 13.6. The molecule has 2 aromatic carbocycles. The summed E-state index contributed by atoms with van der Waals surface area (Å²) >= 11 is 1.50. The van der Waals surface area contributed by atoms with E-state index in [0.717, 1.165) is 29.5 Å². The molecule has 0 fully saturated rings. The molecule has 30 heavy (non-hydrogen) atoms. The van der Waals surface area contributed by atoms with Gasteiger partial charge in [-0.1, -0.05) is 61.5 Å². The zero-order valence-electron chi connectivity index (χ0n) is 16.8. The van der Waals surface area contributed by atoms with Crippen LogP contribution in [0.25, 0.3) is 11.0 Å². The van der Waals surface area contributed by atoms with Crippen LogP contribution < -0.4 is 4.90 Å². The number of fused-ring (bicyclic) bond motifs is 1. The van der Waals surface area contributed by atoms with Crippen molar-refractivity contribution in [1.82, 2.24) is 9.97 Å². The molecule has 2 heterocycles. The van der Waals surface area contributed by atoms with Gasteiger partial charge >= 0.3 is 0 Å². The maximum absolute atomic E-state index is 13.6. The molecule has 5 nitrogen and oxygen atoms in total. The molecule has 0 bridgehead atoms. The topological polar surface area (TPSA) is 59.2 Å². The van der Waals surface area contributed by atoms with Gasteiger partial charge in [-0.05, 0) is 30.7 Å².